The maximum absolute atomic E-state index is 9.83. The molecular weight excluding hydrogens is 208 g/mol. The van der Waals surface area contributed by atoms with Crippen LogP contribution in [-0.2, 0) is 5.41 Å². The molecule has 0 aliphatic heterocycles. The second-order valence-corrected chi connectivity index (χ2v) is 6.22. The average Bonchev–Trinajstić information content (AvgIpc) is 2.31. The van der Waals surface area contributed by atoms with E-state index in [4.69, 9.17) is 0 Å². The monoisotopic (exact) mass is 234 g/mol. The van der Waals surface area contributed by atoms with Crippen molar-refractivity contribution in [2.24, 2.45) is 5.41 Å². The number of rotatable bonds is 5. The number of hydrogen-bond acceptors (Lipinski definition) is 1. The maximum Gasteiger partial charge on any atom is 0.0527 e. The molecular formula is C16H26O. The Kier molecular flexibility index (Phi) is 4.76. The lowest BCUT2D eigenvalue weighted by molar-refractivity contribution is 0.161. The van der Waals surface area contributed by atoms with E-state index in [2.05, 4.69) is 52.0 Å². The van der Waals surface area contributed by atoms with E-state index >= 15 is 0 Å². The van der Waals surface area contributed by atoms with Gasteiger partial charge in [0.2, 0.25) is 0 Å². The first kappa shape index (κ1) is 14.2. The molecule has 1 aromatic rings. The van der Waals surface area contributed by atoms with E-state index in [9.17, 15) is 5.11 Å². The summed E-state index contributed by atoms with van der Waals surface area (Å²) in [6.45, 7) is 9.19. The van der Waals surface area contributed by atoms with E-state index < -0.39 is 0 Å². The molecule has 0 aromatic heterocycles. The van der Waals surface area contributed by atoms with Gasteiger partial charge in [0, 0.05) is 5.41 Å². The van der Waals surface area contributed by atoms with Crippen molar-refractivity contribution in [3.63, 3.8) is 0 Å². The second-order valence-electron chi connectivity index (χ2n) is 6.22. The highest BCUT2D eigenvalue weighted by molar-refractivity contribution is 5.25. The van der Waals surface area contributed by atoms with Crippen LogP contribution < -0.4 is 0 Å². The molecule has 0 amide bonds. The van der Waals surface area contributed by atoms with Crippen LogP contribution in [-0.4, -0.2) is 11.7 Å². The summed E-state index contributed by atoms with van der Waals surface area (Å²) in [5.74, 6) is 0. The summed E-state index contributed by atoms with van der Waals surface area (Å²) in [6.07, 6.45) is 3.17. The molecule has 1 aromatic carbocycles. The van der Waals surface area contributed by atoms with Crippen molar-refractivity contribution in [2.45, 2.75) is 52.4 Å². The van der Waals surface area contributed by atoms with Gasteiger partial charge in [0.25, 0.3) is 0 Å². The summed E-state index contributed by atoms with van der Waals surface area (Å²) < 4.78 is 0. The molecule has 0 saturated heterocycles. The quantitative estimate of drug-likeness (QED) is 0.811. The summed E-state index contributed by atoms with van der Waals surface area (Å²) in [5, 5.41) is 9.83. The lowest BCUT2D eigenvalue weighted by atomic mass is 9.72. The zero-order chi connectivity index (χ0) is 12.9. The van der Waals surface area contributed by atoms with Gasteiger partial charge in [0.1, 0.15) is 0 Å². The molecule has 1 atom stereocenters. The largest absolute Gasteiger partial charge is 0.395 e. The molecule has 17 heavy (non-hydrogen) atoms. The molecule has 0 radical (unpaired) electrons. The highest BCUT2D eigenvalue weighted by Crippen LogP contribution is 2.36. The number of aliphatic hydroxyl groups excluding tert-OH is 1. The Bertz CT molecular complexity index is 317. The van der Waals surface area contributed by atoms with Crippen molar-refractivity contribution < 1.29 is 5.11 Å². The van der Waals surface area contributed by atoms with Crippen LogP contribution in [0.4, 0.5) is 0 Å². The third-order valence-electron chi connectivity index (χ3n) is 3.72. The van der Waals surface area contributed by atoms with Gasteiger partial charge in [-0.15, -0.1) is 0 Å². The topological polar surface area (TPSA) is 20.2 Å². The number of hydrogen-bond donors (Lipinski definition) is 1. The van der Waals surface area contributed by atoms with E-state index in [-0.39, 0.29) is 12.0 Å². The molecule has 1 nitrogen and oxygen atoms in total. The SMILES string of the molecule is CCC(CO)(CCC(C)(C)C)c1ccccc1. The first-order valence-electron chi connectivity index (χ1n) is 6.60. The van der Waals surface area contributed by atoms with Crippen LogP contribution in [0.1, 0.15) is 52.5 Å². The van der Waals surface area contributed by atoms with Gasteiger partial charge < -0.3 is 5.11 Å². The molecule has 0 heterocycles. The van der Waals surface area contributed by atoms with Crippen LogP contribution in [0.3, 0.4) is 0 Å². The van der Waals surface area contributed by atoms with Gasteiger partial charge >= 0.3 is 0 Å². The Morgan fingerprint density at radius 2 is 1.59 bits per heavy atom. The lowest BCUT2D eigenvalue weighted by Crippen LogP contribution is -2.31. The van der Waals surface area contributed by atoms with Crippen molar-refractivity contribution in [1.82, 2.24) is 0 Å². The van der Waals surface area contributed by atoms with Gasteiger partial charge in [0.05, 0.1) is 6.61 Å². The Labute approximate surface area is 106 Å². The van der Waals surface area contributed by atoms with Crippen LogP contribution in [0, 0.1) is 5.41 Å². The Morgan fingerprint density at radius 1 is 1.00 bits per heavy atom. The highest BCUT2D eigenvalue weighted by atomic mass is 16.3. The third kappa shape index (κ3) is 3.85. The average molecular weight is 234 g/mol. The van der Waals surface area contributed by atoms with E-state index in [0.717, 1.165) is 19.3 Å². The molecule has 0 fully saturated rings. The minimum absolute atomic E-state index is 0.0610. The van der Waals surface area contributed by atoms with Crippen molar-refractivity contribution in [2.75, 3.05) is 6.61 Å². The predicted octanol–water partition coefficient (Wildman–Crippen LogP) is 4.15. The standard InChI is InChI=1S/C16H26O/c1-5-16(13-17,12-11-15(2,3)4)14-9-7-6-8-10-14/h6-10,17H,5,11-13H2,1-4H3. The summed E-state index contributed by atoms with van der Waals surface area (Å²) >= 11 is 0. The van der Waals surface area contributed by atoms with Crippen molar-refractivity contribution in [1.29, 1.82) is 0 Å². The minimum atomic E-state index is -0.0610. The van der Waals surface area contributed by atoms with Crippen LogP contribution >= 0.6 is 0 Å². The van der Waals surface area contributed by atoms with E-state index in [0.29, 0.717) is 5.41 Å². The highest BCUT2D eigenvalue weighted by Gasteiger charge is 2.30. The third-order valence-corrected chi connectivity index (χ3v) is 3.72. The van der Waals surface area contributed by atoms with Gasteiger partial charge in [-0.3, -0.25) is 0 Å². The van der Waals surface area contributed by atoms with Gasteiger partial charge in [-0.25, -0.2) is 0 Å². The molecule has 1 rings (SSSR count). The van der Waals surface area contributed by atoms with Crippen LogP contribution in [0.15, 0.2) is 30.3 Å². The molecule has 0 saturated carbocycles. The van der Waals surface area contributed by atoms with Crippen molar-refractivity contribution in [3.8, 4) is 0 Å². The van der Waals surface area contributed by atoms with E-state index in [1.54, 1.807) is 0 Å². The summed E-state index contributed by atoms with van der Waals surface area (Å²) in [5.41, 5.74) is 1.54. The Balaban J connectivity index is 2.90. The smallest absolute Gasteiger partial charge is 0.0527 e. The molecule has 1 unspecified atom stereocenters. The predicted molar refractivity (Wildman–Crippen MR) is 74.2 cm³/mol. The van der Waals surface area contributed by atoms with Crippen LogP contribution in [0.5, 0.6) is 0 Å². The fourth-order valence-corrected chi connectivity index (χ4v) is 2.21. The molecule has 0 aliphatic carbocycles. The van der Waals surface area contributed by atoms with Gasteiger partial charge in [-0.1, -0.05) is 58.0 Å². The maximum atomic E-state index is 9.83. The first-order valence-corrected chi connectivity index (χ1v) is 6.60. The zero-order valence-corrected chi connectivity index (χ0v) is 11.7. The molecule has 1 heteroatoms. The molecule has 1 N–H and O–H groups in total. The summed E-state index contributed by atoms with van der Waals surface area (Å²) in [4.78, 5) is 0. The zero-order valence-electron chi connectivity index (χ0n) is 11.7. The van der Waals surface area contributed by atoms with Gasteiger partial charge in [-0.05, 0) is 30.2 Å². The Hall–Kier alpha value is -0.820. The van der Waals surface area contributed by atoms with Crippen LogP contribution in [0.2, 0.25) is 0 Å². The van der Waals surface area contributed by atoms with Crippen LogP contribution in [0.25, 0.3) is 0 Å². The summed E-state index contributed by atoms with van der Waals surface area (Å²) in [7, 11) is 0. The van der Waals surface area contributed by atoms with Crippen molar-refractivity contribution >= 4 is 0 Å². The fourth-order valence-electron chi connectivity index (χ4n) is 2.21. The number of aliphatic hydroxyl groups is 1. The van der Waals surface area contributed by atoms with Gasteiger partial charge in [-0.2, -0.15) is 0 Å². The van der Waals surface area contributed by atoms with Crippen molar-refractivity contribution in [3.05, 3.63) is 35.9 Å². The van der Waals surface area contributed by atoms with E-state index in [1.165, 1.54) is 5.56 Å². The molecule has 96 valence electrons. The second kappa shape index (κ2) is 5.68. The molecule has 0 aliphatic rings. The minimum Gasteiger partial charge on any atom is -0.395 e. The van der Waals surface area contributed by atoms with Gasteiger partial charge in [0.15, 0.2) is 0 Å². The molecule has 0 spiro atoms. The molecule has 0 bridgehead atoms. The lowest BCUT2D eigenvalue weighted by Gasteiger charge is -2.34. The summed E-state index contributed by atoms with van der Waals surface area (Å²) in [6, 6.07) is 10.4. The Morgan fingerprint density at radius 3 is 2.00 bits per heavy atom. The van der Waals surface area contributed by atoms with E-state index in [1.807, 2.05) is 6.07 Å². The number of benzene rings is 1. The normalized spacial score (nSPS) is 15.6. The first-order chi connectivity index (χ1) is 7.93. The fraction of sp³-hybridized carbons (Fsp3) is 0.625.